The molecule has 3 rings (SSSR count). The van der Waals surface area contributed by atoms with Gasteiger partial charge in [0.15, 0.2) is 0 Å². The molecule has 0 fully saturated rings. The summed E-state index contributed by atoms with van der Waals surface area (Å²) in [6.07, 6.45) is -0.960. The molecule has 28 heavy (non-hydrogen) atoms. The van der Waals surface area contributed by atoms with Gasteiger partial charge in [-0.05, 0) is 41.5 Å². The Morgan fingerprint density at radius 2 is 1.68 bits per heavy atom. The molecule has 0 saturated heterocycles. The van der Waals surface area contributed by atoms with E-state index in [1.165, 1.54) is 0 Å². The van der Waals surface area contributed by atoms with Crippen molar-refractivity contribution in [3.63, 3.8) is 0 Å². The van der Waals surface area contributed by atoms with Gasteiger partial charge in [0, 0.05) is 27.3 Å². The van der Waals surface area contributed by atoms with Crippen molar-refractivity contribution in [2.45, 2.75) is 12.6 Å². The highest BCUT2D eigenvalue weighted by Gasteiger charge is 2.20. The Bertz CT molecular complexity index is 966. The summed E-state index contributed by atoms with van der Waals surface area (Å²) in [5, 5.41) is 16.9. The van der Waals surface area contributed by atoms with Crippen LogP contribution < -0.4 is 10.6 Å². The topological polar surface area (TPSA) is 61.4 Å². The Labute approximate surface area is 181 Å². The molecule has 0 aliphatic rings. The second-order valence-corrected chi connectivity index (χ2v) is 7.76. The van der Waals surface area contributed by atoms with Crippen LogP contribution in [0.15, 0.2) is 71.2 Å². The standard InChI is InChI=1S/C21H17BrCl2N2O2/c22-15-7-9-16(10-8-15)26-21(28)25-12-14-6-11-17(23)18(19(14)24)20(27)13-4-2-1-3-5-13/h1-11,20,27H,12H2,(H2,25,26,28). The fourth-order valence-electron chi connectivity index (χ4n) is 2.69. The van der Waals surface area contributed by atoms with Gasteiger partial charge in [0.1, 0.15) is 6.10 Å². The molecular formula is C21H17BrCl2N2O2. The molecular weight excluding hydrogens is 463 g/mol. The molecule has 144 valence electrons. The zero-order valence-corrected chi connectivity index (χ0v) is 17.7. The number of hydrogen-bond donors (Lipinski definition) is 3. The Balaban J connectivity index is 1.72. The van der Waals surface area contributed by atoms with Crippen LogP contribution in [0.1, 0.15) is 22.8 Å². The van der Waals surface area contributed by atoms with Crippen molar-refractivity contribution in [1.29, 1.82) is 0 Å². The predicted octanol–water partition coefficient (Wildman–Crippen LogP) is 6.16. The molecule has 1 atom stereocenters. The first kappa shape index (κ1) is 20.7. The van der Waals surface area contributed by atoms with Crippen LogP contribution in [0.25, 0.3) is 0 Å². The molecule has 4 nitrogen and oxygen atoms in total. The van der Waals surface area contributed by atoms with E-state index in [1.54, 1.807) is 36.4 Å². The summed E-state index contributed by atoms with van der Waals surface area (Å²) in [6, 6.07) is 19.4. The molecule has 2 amide bonds. The van der Waals surface area contributed by atoms with Crippen molar-refractivity contribution in [2.24, 2.45) is 0 Å². The molecule has 0 spiro atoms. The minimum absolute atomic E-state index is 0.187. The molecule has 3 N–H and O–H groups in total. The second-order valence-electron chi connectivity index (χ2n) is 6.06. The molecule has 0 aromatic heterocycles. The van der Waals surface area contributed by atoms with Gasteiger partial charge in [-0.15, -0.1) is 0 Å². The molecule has 0 radical (unpaired) electrons. The highest BCUT2D eigenvalue weighted by molar-refractivity contribution is 9.10. The molecule has 0 bridgehead atoms. The molecule has 7 heteroatoms. The number of rotatable bonds is 5. The summed E-state index contributed by atoms with van der Waals surface area (Å²) >= 11 is 16.1. The van der Waals surface area contributed by atoms with Crippen molar-refractivity contribution in [1.82, 2.24) is 5.32 Å². The second kappa shape index (κ2) is 9.43. The van der Waals surface area contributed by atoms with E-state index in [4.69, 9.17) is 23.2 Å². The summed E-state index contributed by atoms with van der Waals surface area (Å²) < 4.78 is 0.927. The van der Waals surface area contributed by atoms with Crippen molar-refractivity contribution in [3.8, 4) is 0 Å². The Morgan fingerprint density at radius 1 is 1.00 bits per heavy atom. The number of carbonyl (C=O) groups excluding carboxylic acids is 1. The van der Waals surface area contributed by atoms with E-state index in [9.17, 15) is 9.90 Å². The van der Waals surface area contributed by atoms with Gasteiger partial charge in [-0.2, -0.15) is 0 Å². The van der Waals surface area contributed by atoms with Crippen LogP contribution in [-0.4, -0.2) is 11.1 Å². The van der Waals surface area contributed by atoms with E-state index >= 15 is 0 Å². The van der Waals surface area contributed by atoms with Crippen molar-refractivity contribution in [3.05, 3.63) is 97.9 Å². The average molecular weight is 480 g/mol. The van der Waals surface area contributed by atoms with Gasteiger partial charge in [0.2, 0.25) is 0 Å². The number of halogens is 3. The van der Waals surface area contributed by atoms with E-state index in [0.717, 1.165) is 4.47 Å². The SMILES string of the molecule is O=C(NCc1ccc(Cl)c(C(O)c2ccccc2)c1Cl)Nc1ccc(Br)cc1. The van der Waals surface area contributed by atoms with Gasteiger partial charge in [0.05, 0.1) is 5.02 Å². The third-order valence-corrected chi connectivity index (χ3v) is 5.44. The van der Waals surface area contributed by atoms with Crippen LogP contribution in [0.3, 0.4) is 0 Å². The monoisotopic (exact) mass is 478 g/mol. The minimum atomic E-state index is -0.960. The minimum Gasteiger partial charge on any atom is -0.384 e. The third kappa shape index (κ3) is 5.06. The van der Waals surface area contributed by atoms with Crippen LogP contribution in [0.4, 0.5) is 10.5 Å². The molecule has 3 aromatic carbocycles. The van der Waals surface area contributed by atoms with Crippen LogP contribution in [0.2, 0.25) is 10.0 Å². The molecule has 3 aromatic rings. The first-order valence-electron chi connectivity index (χ1n) is 8.46. The largest absolute Gasteiger partial charge is 0.384 e. The fraction of sp³-hybridized carbons (Fsp3) is 0.0952. The van der Waals surface area contributed by atoms with Gasteiger partial charge in [-0.1, -0.05) is 75.5 Å². The van der Waals surface area contributed by atoms with Gasteiger partial charge in [-0.3, -0.25) is 0 Å². The molecule has 0 aliphatic carbocycles. The maximum absolute atomic E-state index is 12.1. The molecule has 1 unspecified atom stereocenters. The van der Waals surface area contributed by atoms with E-state index in [1.807, 2.05) is 30.3 Å². The summed E-state index contributed by atoms with van der Waals surface area (Å²) in [4.78, 5) is 12.1. The third-order valence-electron chi connectivity index (χ3n) is 4.14. The van der Waals surface area contributed by atoms with E-state index in [-0.39, 0.29) is 12.6 Å². The van der Waals surface area contributed by atoms with Gasteiger partial charge in [-0.25, -0.2) is 4.79 Å². The number of amides is 2. The Kier molecular flexibility index (Phi) is 6.97. The van der Waals surface area contributed by atoms with Crippen molar-refractivity contribution in [2.75, 3.05) is 5.32 Å². The normalized spacial score (nSPS) is 11.7. The van der Waals surface area contributed by atoms with Gasteiger partial charge >= 0.3 is 6.03 Å². The summed E-state index contributed by atoms with van der Waals surface area (Å²) in [5.74, 6) is 0. The maximum atomic E-state index is 12.1. The Hall–Kier alpha value is -2.05. The van der Waals surface area contributed by atoms with Gasteiger partial charge < -0.3 is 15.7 Å². The predicted molar refractivity (Wildman–Crippen MR) is 117 cm³/mol. The first-order chi connectivity index (χ1) is 13.5. The lowest BCUT2D eigenvalue weighted by atomic mass is 9.99. The Morgan fingerprint density at radius 3 is 2.36 bits per heavy atom. The van der Waals surface area contributed by atoms with Crippen molar-refractivity contribution < 1.29 is 9.90 Å². The maximum Gasteiger partial charge on any atom is 0.319 e. The number of aliphatic hydroxyl groups excluding tert-OH is 1. The van der Waals surface area contributed by atoms with E-state index in [2.05, 4.69) is 26.6 Å². The molecule has 0 aliphatic heterocycles. The van der Waals surface area contributed by atoms with Crippen LogP contribution in [-0.2, 0) is 6.54 Å². The fourth-order valence-corrected chi connectivity index (χ4v) is 3.60. The quantitative estimate of drug-likeness (QED) is 0.410. The van der Waals surface area contributed by atoms with E-state index < -0.39 is 6.10 Å². The number of hydrogen-bond acceptors (Lipinski definition) is 2. The van der Waals surface area contributed by atoms with Crippen molar-refractivity contribution >= 4 is 50.9 Å². The lowest BCUT2D eigenvalue weighted by molar-refractivity contribution is 0.220. The number of aliphatic hydroxyl groups is 1. The first-order valence-corrected chi connectivity index (χ1v) is 10.0. The lowest BCUT2D eigenvalue weighted by Crippen LogP contribution is -2.28. The van der Waals surface area contributed by atoms with Crippen LogP contribution >= 0.6 is 39.1 Å². The summed E-state index contributed by atoms with van der Waals surface area (Å²) in [7, 11) is 0. The number of carbonyl (C=O) groups is 1. The van der Waals surface area contributed by atoms with Crippen LogP contribution in [0, 0.1) is 0 Å². The highest BCUT2D eigenvalue weighted by Crippen LogP contribution is 2.36. The smallest absolute Gasteiger partial charge is 0.319 e. The van der Waals surface area contributed by atoms with E-state index in [0.29, 0.717) is 32.4 Å². The average Bonchev–Trinajstić information content (AvgIpc) is 2.70. The number of anilines is 1. The zero-order valence-electron chi connectivity index (χ0n) is 14.6. The molecule has 0 saturated carbocycles. The van der Waals surface area contributed by atoms with Gasteiger partial charge in [0.25, 0.3) is 0 Å². The zero-order chi connectivity index (χ0) is 20.1. The number of benzene rings is 3. The number of nitrogens with one attached hydrogen (secondary N) is 2. The van der Waals surface area contributed by atoms with Crippen LogP contribution in [0.5, 0.6) is 0 Å². The summed E-state index contributed by atoms with van der Waals surface area (Å²) in [5.41, 5.74) is 2.43. The lowest BCUT2D eigenvalue weighted by Gasteiger charge is -2.18. The summed E-state index contributed by atoms with van der Waals surface area (Å²) in [6.45, 7) is 0.187. The highest BCUT2D eigenvalue weighted by atomic mass is 79.9. The number of urea groups is 1. The molecule has 0 heterocycles.